The fraction of sp³-hybridized carbons (Fsp3) is 0.226. The highest BCUT2D eigenvalue weighted by Crippen LogP contribution is 2.66. The van der Waals surface area contributed by atoms with Crippen molar-refractivity contribution in [1.82, 2.24) is 0 Å². The van der Waals surface area contributed by atoms with Crippen molar-refractivity contribution in [3.63, 3.8) is 0 Å². The molecule has 0 fully saturated rings. The number of hydrogen-bond donors (Lipinski definition) is 0. The van der Waals surface area contributed by atoms with Gasteiger partial charge in [-0.2, -0.15) is 26.3 Å². The number of esters is 2. The summed E-state index contributed by atoms with van der Waals surface area (Å²) in [5.74, 6) is -16.7. The van der Waals surface area contributed by atoms with Crippen LogP contribution in [0.4, 0.5) is 26.3 Å². The zero-order chi connectivity index (χ0) is 31.5. The summed E-state index contributed by atoms with van der Waals surface area (Å²) < 4.78 is 102. The minimum Gasteiger partial charge on any atom is -0.427 e. The third-order valence-corrected chi connectivity index (χ3v) is 9.04. The molecule has 0 amide bonds. The van der Waals surface area contributed by atoms with Crippen LogP contribution in [0.5, 0.6) is 11.5 Å². The highest BCUT2D eigenvalue weighted by molar-refractivity contribution is 7.16. The Morgan fingerprint density at radius 2 is 0.930 bits per heavy atom. The molecule has 2 heterocycles. The number of rotatable bonds is 6. The number of ether oxygens (including phenoxy) is 2. The second-order valence-corrected chi connectivity index (χ2v) is 12.4. The molecule has 1 aliphatic rings. The normalized spacial score (nSPS) is 16.8. The number of carbonyl (C=O) groups is 2. The quantitative estimate of drug-likeness (QED) is 0.120. The smallest absolute Gasteiger partial charge is 0.380 e. The fourth-order valence-electron chi connectivity index (χ4n) is 4.88. The largest absolute Gasteiger partial charge is 0.427 e. The summed E-state index contributed by atoms with van der Waals surface area (Å²) in [6.45, 7) is 5.26. The van der Waals surface area contributed by atoms with Crippen LogP contribution in [0.15, 0.2) is 60.7 Å². The summed E-state index contributed by atoms with van der Waals surface area (Å²) in [7, 11) is 0. The summed E-state index contributed by atoms with van der Waals surface area (Å²) in [5.41, 5.74) is -2.67. The third-order valence-electron chi connectivity index (χ3n) is 6.84. The predicted molar refractivity (Wildman–Crippen MR) is 153 cm³/mol. The van der Waals surface area contributed by atoms with Gasteiger partial charge in [-0.25, -0.2) is 0 Å². The zero-order valence-corrected chi connectivity index (χ0v) is 24.6. The van der Waals surface area contributed by atoms with Crippen LogP contribution in [0.25, 0.3) is 32.0 Å². The fourth-order valence-corrected chi connectivity index (χ4v) is 6.95. The van der Waals surface area contributed by atoms with E-state index >= 15 is 17.6 Å². The van der Waals surface area contributed by atoms with Crippen molar-refractivity contribution >= 4 is 45.8 Å². The first-order valence-electron chi connectivity index (χ1n) is 12.7. The second kappa shape index (κ2) is 10.7. The van der Waals surface area contributed by atoms with Crippen LogP contribution in [0.1, 0.15) is 34.7 Å². The molecule has 2 aromatic carbocycles. The molecule has 0 atom stereocenters. The van der Waals surface area contributed by atoms with Gasteiger partial charge in [0.25, 0.3) is 0 Å². The van der Waals surface area contributed by atoms with E-state index in [1.807, 2.05) is 0 Å². The Kier molecular flexibility index (Phi) is 7.58. The van der Waals surface area contributed by atoms with Crippen LogP contribution >= 0.6 is 22.7 Å². The molecule has 0 radical (unpaired) electrons. The van der Waals surface area contributed by atoms with E-state index in [0.717, 1.165) is 22.7 Å². The monoisotopic (exact) mass is 636 g/mol. The van der Waals surface area contributed by atoms with E-state index in [0.29, 0.717) is 20.9 Å². The molecule has 1 aliphatic carbocycles. The molecule has 12 heteroatoms. The van der Waals surface area contributed by atoms with Gasteiger partial charge in [0.1, 0.15) is 11.5 Å². The van der Waals surface area contributed by atoms with Crippen LogP contribution < -0.4 is 9.47 Å². The first-order chi connectivity index (χ1) is 20.0. The number of aryl methyl sites for hydroxylation is 2. The Bertz CT molecular complexity index is 1640. The Labute approximate surface area is 250 Å². The molecule has 224 valence electrons. The molecule has 2 aromatic heterocycles. The molecule has 0 spiro atoms. The maximum Gasteiger partial charge on any atom is 0.380 e. The predicted octanol–water partition coefficient (Wildman–Crippen LogP) is 9.44. The molecule has 0 N–H and O–H groups in total. The van der Waals surface area contributed by atoms with Crippen molar-refractivity contribution in [2.24, 2.45) is 0 Å². The van der Waals surface area contributed by atoms with Gasteiger partial charge in [0.2, 0.25) is 0 Å². The number of halogens is 6. The highest BCUT2D eigenvalue weighted by atomic mass is 32.1. The molecule has 0 bridgehead atoms. The molecular weight excluding hydrogens is 614 g/mol. The maximum atomic E-state index is 15.5. The van der Waals surface area contributed by atoms with E-state index in [1.165, 1.54) is 64.1 Å². The van der Waals surface area contributed by atoms with E-state index < -0.39 is 52.0 Å². The topological polar surface area (TPSA) is 52.6 Å². The lowest BCUT2D eigenvalue weighted by atomic mass is 9.94. The van der Waals surface area contributed by atoms with Crippen LogP contribution in [0, 0.1) is 13.8 Å². The molecule has 4 aromatic rings. The van der Waals surface area contributed by atoms with Gasteiger partial charge in [0.15, 0.2) is 0 Å². The van der Waals surface area contributed by atoms with E-state index in [2.05, 4.69) is 0 Å². The number of carbonyl (C=O) groups excluding carboxylic acids is 2. The lowest BCUT2D eigenvalue weighted by Crippen LogP contribution is -2.48. The molecule has 43 heavy (non-hydrogen) atoms. The first-order valence-corrected chi connectivity index (χ1v) is 14.4. The summed E-state index contributed by atoms with van der Waals surface area (Å²) in [4.78, 5) is 23.4. The van der Waals surface area contributed by atoms with Gasteiger partial charge in [-0.15, -0.1) is 22.7 Å². The number of allylic oxidation sites excluding steroid dienone is 2. The highest BCUT2D eigenvalue weighted by Gasteiger charge is 2.80. The van der Waals surface area contributed by atoms with Gasteiger partial charge >= 0.3 is 29.7 Å². The summed E-state index contributed by atoms with van der Waals surface area (Å²) in [6, 6.07) is 14.5. The van der Waals surface area contributed by atoms with Gasteiger partial charge in [-0.05, 0) is 96.8 Å². The van der Waals surface area contributed by atoms with Crippen LogP contribution in [0.2, 0.25) is 0 Å². The molecule has 0 saturated carbocycles. The Morgan fingerprint density at radius 1 is 0.605 bits per heavy atom. The molecule has 4 nitrogen and oxygen atoms in total. The standard InChI is InChI=1S/C31H22F6O4S2/c1-15-23(13-25(42-15)19-5-9-21(10-6-19)40-17(3)38)27-28(30(34,35)31(36,37)29(27,32)33)24-14-26(43-16(24)2)20-7-11-22(12-8-20)41-18(4)39/h5-14H,1-4H3. The van der Waals surface area contributed by atoms with E-state index in [-0.39, 0.29) is 21.3 Å². The minimum absolute atomic E-state index is 0.147. The number of thiophene rings is 2. The van der Waals surface area contributed by atoms with Crippen molar-refractivity contribution in [2.75, 3.05) is 0 Å². The van der Waals surface area contributed by atoms with Crippen molar-refractivity contribution in [2.45, 2.75) is 45.5 Å². The van der Waals surface area contributed by atoms with Crippen LogP contribution in [0.3, 0.4) is 0 Å². The van der Waals surface area contributed by atoms with Crippen LogP contribution in [-0.4, -0.2) is 29.7 Å². The summed E-state index contributed by atoms with van der Waals surface area (Å²) >= 11 is 1.97. The van der Waals surface area contributed by atoms with Gasteiger partial charge in [0.05, 0.1) is 0 Å². The molecular formula is C31H22F6O4S2. The van der Waals surface area contributed by atoms with Crippen LogP contribution in [-0.2, 0) is 9.59 Å². The third kappa shape index (κ3) is 5.16. The van der Waals surface area contributed by atoms with Gasteiger partial charge in [-0.1, -0.05) is 0 Å². The number of hydrogen-bond acceptors (Lipinski definition) is 6. The first kappa shape index (κ1) is 30.6. The molecule has 0 unspecified atom stereocenters. The number of alkyl halides is 6. The Morgan fingerprint density at radius 3 is 1.23 bits per heavy atom. The second-order valence-electron chi connectivity index (χ2n) is 9.87. The van der Waals surface area contributed by atoms with Gasteiger partial charge < -0.3 is 9.47 Å². The van der Waals surface area contributed by atoms with Gasteiger partial charge in [0, 0.05) is 44.5 Å². The van der Waals surface area contributed by atoms with Crippen molar-refractivity contribution in [1.29, 1.82) is 0 Å². The SMILES string of the molecule is CC(=O)Oc1ccc(-c2cc(C3=C(c4cc(-c5ccc(OC(C)=O)cc5)sc4C)C(F)(F)C(F)(F)C3(F)F)c(C)s2)cc1. The van der Waals surface area contributed by atoms with E-state index in [1.54, 1.807) is 24.3 Å². The van der Waals surface area contributed by atoms with Crippen molar-refractivity contribution in [3.8, 4) is 32.4 Å². The minimum atomic E-state index is -5.69. The average Bonchev–Trinajstić information content (AvgIpc) is 3.51. The zero-order valence-electron chi connectivity index (χ0n) is 23.0. The maximum absolute atomic E-state index is 15.5. The molecule has 0 aliphatic heterocycles. The summed E-state index contributed by atoms with van der Waals surface area (Å²) in [5, 5.41) is 0. The number of benzene rings is 2. The lowest BCUT2D eigenvalue weighted by Gasteiger charge is -2.25. The summed E-state index contributed by atoms with van der Waals surface area (Å²) in [6.07, 6.45) is 0. The van der Waals surface area contributed by atoms with Gasteiger partial charge in [-0.3, -0.25) is 9.59 Å². The molecule has 5 rings (SSSR count). The van der Waals surface area contributed by atoms with E-state index in [4.69, 9.17) is 9.47 Å². The van der Waals surface area contributed by atoms with Crippen molar-refractivity contribution in [3.05, 3.63) is 81.5 Å². The molecule has 0 saturated heterocycles. The lowest BCUT2D eigenvalue weighted by molar-refractivity contribution is -0.254. The Hall–Kier alpha value is -3.90. The Balaban J connectivity index is 1.65. The average molecular weight is 637 g/mol. The van der Waals surface area contributed by atoms with Crippen molar-refractivity contribution < 1.29 is 45.4 Å². The van der Waals surface area contributed by atoms with E-state index in [9.17, 15) is 18.4 Å².